The number of hydrogen-bond acceptors (Lipinski definition) is 4. The van der Waals surface area contributed by atoms with Crippen LogP contribution in [-0.4, -0.2) is 25.7 Å². The van der Waals surface area contributed by atoms with Crippen LogP contribution in [-0.2, 0) is 4.74 Å². The summed E-state index contributed by atoms with van der Waals surface area (Å²) in [6, 6.07) is 2.81. The van der Waals surface area contributed by atoms with E-state index in [2.05, 4.69) is 4.74 Å². The fourth-order valence-electron chi connectivity index (χ4n) is 2.02. The molecule has 0 bridgehead atoms. The molecule has 0 aliphatic rings. The largest absolute Gasteiger partial charge is 0.465 e. The monoisotopic (exact) mass is 268 g/mol. The van der Waals surface area contributed by atoms with Crippen LogP contribution < -0.4 is 10.6 Å². The van der Waals surface area contributed by atoms with Gasteiger partial charge in [0.15, 0.2) is 0 Å². The van der Waals surface area contributed by atoms with Gasteiger partial charge < -0.3 is 15.4 Å². The van der Waals surface area contributed by atoms with Crippen LogP contribution in [0.25, 0.3) is 0 Å². The van der Waals surface area contributed by atoms with Crippen molar-refractivity contribution in [3.8, 4) is 0 Å². The minimum absolute atomic E-state index is 0.0910. The van der Waals surface area contributed by atoms with Gasteiger partial charge in [0.25, 0.3) is 0 Å². The van der Waals surface area contributed by atoms with Gasteiger partial charge in [0.2, 0.25) is 0 Å². The van der Waals surface area contributed by atoms with Crippen LogP contribution in [0.15, 0.2) is 12.1 Å². The van der Waals surface area contributed by atoms with Crippen molar-refractivity contribution >= 4 is 17.3 Å². The van der Waals surface area contributed by atoms with Crippen molar-refractivity contribution in [1.29, 1.82) is 0 Å². The summed E-state index contributed by atoms with van der Waals surface area (Å²) in [6.07, 6.45) is 0.880. The molecular formula is C14H21FN2O2. The summed E-state index contributed by atoms with van der Waals surface area (Å²) >= 11 is 0. The summed E-state index contributed by atoms with van der Waals surface area (Å²) < 4.78 is 18.7. The molecule has 0 heterocycles. The van der Waals surface area contributed by atoms with Crippen molar-refractivity contribution in [3.05, 3.63) is 23.5 Å². The lowest BCUT2D eigenvalue weighted by molar-refractivity contribution is 0.0602. The van der Waals surface area contributed by atoms with Gasteiger partial charge in [0, 0.05) is 18.3 Å². The predicted octanol–water partition coefficient (Wildman–Crippen LogP) is 2.82. The van der Waals surface area contributed by atoms with Crippen LogP contribution in [0.3, 0.4) is 0 Å². The number of hydrogen-bond donors (Lipinski definition) is 1. The van der Waals surface area contributed by atoms with Crippen LogP contribution >= 0.6 is 0 Å². The smallest absolute Gasteiger partial charge is 0.340 e. The topological polar surface area (TPSA) is 55.6 Å². The number of nitrogen functional groups attached to an aromatic ring is 1. The van der Waals surface area contributed by atoms with E-state index in [1.165, 1.54) is 19.2 Å². The van der Waals surface area contributed by atoms with Crippen molar-refractivity contribution in [2.45, 2.75) is 33.2 Å². The molecule has 5 heteroatoms. The fraction of sp³-hybridized carbons (Fsp3) is 0.500. The molecule has 0 aromatic heterocycles. The average molecular weight is 268 g/mol. The second-order valence-electron chi connectivity index (χ2n) is 4.43. The molecule has 0 radical (unpaired) electrons. The van der Waals surface area contributed by atoms with Crippen LogP contribution in [0.5, 0.6) is 0 Å². The van der Waals surface area contributed by atoms with Gasteiger partial charge in [-0.1, -0.05) is 6.92 Å². The van der Waals surface area contributed by atoms with Crippen LogP contribution in [0.1, 0.15) is 37.6 Å². The molecule has 0 saturated carbocycles. The van der Waals surface area contributed by atoms with Gasteiger partial charge in [-0.3, -0.25) is 0 Å². The first-order valence-corrected chi connectivity index (χ1v) is 6.40. The number of nitrogens with zero attached hydrogens (tertiary/aromatic N) is 1. The van der Waals surface area contributed by atoms with E-state index in [1.807, 2.05) is 25.7 Å². The zero-order chi connectivity index (χ0) is 14.6. The Morgan fingerprint density at radius 1 is 1.47 bits per heavy atom. The van der Waals surface area contributed by atoms with Crippen LogP contribution in [0, 0.1) is 5.82 Å². The molecule has 1 atom stereocenters. The molecule has 0 aliphatic carbocycles. The molecule has 0 fully saturated rings. The Morgan fingerprint density at radius 2 is 2.11 bits per heavy atom. The molecule has 19 heavy (non-hydrogen) atoms. The number of halogens is 1. The highest BCUT2D eigenvalue weighted by molar-refractivity contribution is 5.96. The number of rotatable bonds is 5. The number of carbonyl (C=O) groups is 1. The van der Waals surface area contributed by atoms with Crippen LogP contribution in [0.4, 0.5) is 15.8 Å². The Labute approximate surface area is 113 Å². The number of carbonyl (C=O) groups excluding carboxylic acids is 1. The van der Waals surface area contributed by atoms with Crippen LogP contribution in [0.2, 0.25) is 0 Å². The first kappa shape index (κ1) is 15.3. The molecule has 2 N–H and O–H groups in total. The molecule has 1 aromatic carbocycles. The number of ether oxygens (including phenoxy) is 1. The van der Waals surface area contributed by atoms with Crippen molar-refractivity contribution in [1.82, 2.24) is 0 Å². The van der Waals surface area contributed by atoms with Gasteiger partial charge in [-0.25, -0.2) is 9.18 Å². The fourth-order valence-corrected chi connectivity index (χ4v) is 2.02. The molecule has 0 spiro atoms. The van der Waals surface area contributed by atoms with Gasteiger partial charge in [-0.2, -0.15) is 0 Å². The highest BCUT2D eigenvalue weighted by atomic mass is 19.1. The van der Waals surface area contributed by atoms with Crippen molar-refractivity contribution in [2.75, 3.05) is 24.3 Å². The SMILES string of the molecule is CCC(C)N(CC)c1cc(C(=O)OC)c(N)cc1F. The number of nitrogens with two attached hydrogens (primary N) is 1. The first-order valence-electron chi connectivity index (χ1n) is 6.40. The third-order valence-electron chi connectivity index (χ3n) is 3.30. The first-order chi connectivity index (χ1) is 8.96. The lowest BCUT2D eigenvalue weighted by atomic mass is 10.1. The molecule has 4 nitrogen and oxygen atoms in total. The number of methoxy groups -OCH3 is 1. The summed E-state index contributed by atoms with van der Waals surface area (Å²) in [4.78, 5) is 13.5. The zero-order valence-electron chi connectivity index (χ0n) is 11.9. The normalized spacial score (nSPS) is 12.1. The summed E-state index contributed by atoms with van der Waals surface area (Å²) in [6.45, 7) is 6.64. The lowest BCUT2D eigenvalue weighted by Gasteiger charge is -2.30. The maximum Gasteiger partial charge on any atom is 0.340 e. The van der Waals surface area contributed by atoms with E-state index < -0.39 is 11.8 Å². The Balaban J connectivity index is 3.30. The standard InChI is InChI=1S/C14H21FN2O2/c1-5-9(3)17(6-2)13-7-10(14(18)19-4)12(16)8-11(13)15/h7-9H,5-6,16H2,1-4H3. The molecule has 0 amide bonds. The molecule has 0 saturated heterocycles. The van der Waals surface area contributed by atoms with E-state index in [0.717, 1.165) is 6.42 Å². The Bertz CT molecular complexity index is 463. The van der Waals surface area contributed by atoms with E-state index in [9.17, 15) is 9.18 Å². The highest BCUT2D eigenvalue weighted by Crippen LogP contribution is 2.28. The Kier molecular flexibility index (Phi) is 5.15. The number of anilines is 2. The molecule has 0 aliphatic heterocycles. The average Bonchev–Trinajstić information content (AvgIpc) is 2.40. The maximum absolute atomic E-state index is 14.1. The van der Waals surface area contributed by atoms with E-state index in [0.29, 0.717) is 12.2 Å². The molecule has 1 rings (SSSR count). The summed E-state index contributed by atoms with van der Waals surface area (Å²) in [7, 11) is 1.27. The van der Waals surface area contributed by atoms with E-state index in [1.54, 1.807) is 0 Å². The lowest BCUT2D eigenvalue weighted by Crippen LogP contribution is -2.33. The predicted molar refractivity (Wildman–Crippen MR) is 74.9 cm³/mol. The Morgan fingerprint density at radius 3 is 2.58 bits per heavy atom. The molecular weight excluding hydrogens is 247 g/mol. The van der Waals surface area contributed by atoms with Crippen molar-refractivity contribution < 1.29 is 13.9 Å². The molecule has 1 aromatic rings. The quantitative estimate of drug-likeness (QED) is 0.659. The third-order valence-corrected chi connectivity index (χ3v) is 3.30. The second-order valence-corrected chi connectivity index (χ2v) is 4.43. The van der Waals surface area contributed by atoms with Crippen molar-refractivity contribution in [3.63, 3.8) is 0 Å². The van der Waals surface area contributed by atoms with Gasteiger partial charge in [0.1, 0.15) is 5.82 Å². The zero-order valence-corrected chi connectivity index (χ0v) is 11.9. The minimum Gasteiger partial charge on any atom is -0.465 e. The molecule has 106 valence electrons. The van der Waals surface area contributed by atoms with E-state index >= 15 is 0 Å². The maximum atomic E-state index is 14.1. The summed E-state index contributed by atoms with van der Waals surface area (Å²) in [5.74, 6) is -0.980. The van der Waals surface area contributed by atoms with Crippen molar-refractivity contribution in [2.24, 2.45) is 0 Å². The highest BCUT2D eigenvalue weighted by Gasteiger charge is 2.20. The van der Waals surface area contributed by atoms with Gasteiger partial charge >= 0.3 is 5.97 Å². The Hall–Kier alpha value is -1.78. The summed E-state index contributed by atoms with van der Waals surface area (Å²) in [5.41, 5.74) is 6.32. The van der Waals surface area contributed by atoms with Gasteiger partial charge in [-0.05, 0) is 32.4 Å². The summed E-state index contributed by atoms with van der Waals surface area (Å²) in [5, 5.41) is 0. The number of benzene rings is 1. The minimum atomic E-state index is -0.557. The number of esters is 1. The molecule has 1 unspecified atom stereocenters. The third kappa shape index (κ3) is 3.16. The van der Waals surface area contributed by atoms with Gasteiger partial charge in [-0.15, -0.1) is 0 Å². The van der Waals surface area contributed by atoms with Gasteiger partial charge in [0.05, 0.1) is 18.4 Å². The second kappa shape index (κ2) is 6.41. The van der Waals surface area contributed by atoms with E-state index in [4.69, 9.17) is 5.73 Å². The van der Waals surface area contributed by atoms with E-state index in [-0.39, 0.29) is 17.3 Å².